The van der Waals surface area contributed by atoms with Gasteiger partial charge in [-0.3, -0.25) is 0 Å². The average molecular weight is 368 g/mol. The smallest absolute Gasteiger partial charge is 0.223 e. The molecule has 0 spiro atoms. The van der Waals surface area contributed by atoms with Gasteiger partial charge in [-0.05, 0) is 24.6 Å². The Morgan fingerprint density at radius 3 is 2.22 bits per heavy atom. The van der Waals surface area contributed by atoms with Gasteiger partial charge in [0.05, 0.1) is 38.9 Å². The highest BCUT2D eigenvalue weighted by Crippen LogP contribution is 2.47. The number of aromatic nitrogens is 2. The maximum Gasteiger partial charge on any atom is 0.223 e. The van der Waals surface area contributed by atoms with Gasteiger partial charge in [0.25, 0.3) is 0 Å². The highest BCUT2D eigenvalue weighted by atomic mass is 16.5. The van der Waals surface area contributed by atoms with Gasteiger partial charge in [-0.15, -0.1) is 0 Å². The van der Waals surface area contributed by atoms with E-state index in [2.05, 4.69) is 21.4 Å². The summed E-state index contributed by atoms with van der Waals surface area (Å²) in [4.78, 5) is 8.29. The molecule has 0 amide bonds. The number of hydrogen-bond donors (Lipinski definition) is 3. The predicted octanol–water partition coefficient (Wildman–Crippen LogP) is 2.02. The van der Waals surface area contributed by atoms with Crippen molar-refractivity contribution in [3.63, 3.8) is 0 Å². The fraction of sp³-hybridized carbons (Fsp3) is 0.278. The summed E-state index contributed by atoms with van der Waals surface area (Å²) in [5, 5.41) is 12.9. The predicted molar refractivity (Wildman–Crippen MR) is 101 cm³/mol. The van der Waals surface area contributed by atoms with Gasteiger partial charge in [-0.25, -0.2) is 0 Å². The molecule has 0 radical (unpaired) electrons. The van der Waals surface area contributed by atoms with E-state index in [1.165, 1.54) is 21.3 Å². The van der Waals surface area contributed by atoms with Crippen LogP contribution in [0.5, 0.6) is 17.2 Å². The number of nitrogens with zero attached hydrogens (tertiary/aromatic N) is 3. The van der Waals surface area contributed by atoms with Crippen LogP contribution in [0, 0.1) is 11.3 Å². The van der Waals surface area contributed by atoms with E-state index in [1.54, 1.807) is 19.1 Å². The molecule has 0 aliphatic carbocycles. The Kier molecular flexibility index (Phi) is 4.64. The van der Waals surface area contributed by atoms with Crippen molar-refractivity contribution in [1.29, 1.82) is 5.26 Å². The van der Waals surface area contributed by atoms with E-state index in [9.17, 15) is 5.26 Å². The summed E-state index contributed by atoms with van der Waals surface area (Å²) in [5.41, 5.74) is 14.3. The van der Waals surface area contributed by atoms with Crippen LogP contribution in [0.2, 0.25) is 0 Å². The minimum absolute atomic E-state index is 0.0515. The molecule has 9 heteroatoms. The first-order chi connectivity index (χ1) is 12.9. The Morgan fingerprint density at radius 2 is 1.70 bits per heavy atom. The number of benzene rings is 1. The third-order valence-electron chi connectivity index (χ3n) is 4.42. The molecule has 2 heterocycles. The highest BCUT2D eigenvalue weighted by molar-refractivity contribution is 5.72. The third-order valence-corrected chi connectivity index (χ3v) is 4.42. The van der Waals surface area contributed by atoms with Crippen LogP contribution in [0.15, 0.2) is 23.4 Å². The largest absolute Gasteiger partial charge is 0.493 e. The summed E-state index contributed by atoms with van der Waals surface area (Å²) in [7, 11) is 4.59. The van der Waals surface area contributed by atoms with Crippen LogP contribution >= 0.6 is 0 Å². The van der Waals surface area contributed by atoms with Gasteiger partial charge in [0.15, 0.2) is 11.5 Å². The standard InChI is InChI=1S/C18H20N6O3/c1-8-10(7-19)13(14-16(20)23-18(21)24-17(14)22-8)9-5-11(25-2)15(27-4)12(6-9)26-3/h5-6,13H,1-4H3,(H5,20,21,22,23,24). The maximum atomic E-state index is 9.78. The fourth-order valence-corrected chi connectivity index (χ4v) is 3.24. The summed E-state index contributed by atoms with van der Waals surface area (Å²) in [5.74, 6) is 1.60. The summed E-state index contributed by atoms with van der Waals surface area (Å²) in [6.07, 6.45) is 0. The number of nitrogens with two attached hydrogens (primary N) is 2. The number of methoxy groups -OCH3 is 3. The molecule has 1 aliphatic rings. The van der Waals surface area contributed by atoms with Crippen LogP contribution in [0.4, 0.5) is 17.6 Å². The molecule has 140 valence electrons. The zero-order valence-electron chi connectivity index (χ0n) is 15.5. The van der Waals surface area contributed by atoms with Crippen molar-refractivity contribution in [3.8, 4) is 23.3 Å². The molecule has 0 bridgehead atoms. The van der Waals surface area contributed by atoms with Crippen LogP contribution in [-0.2, 0) is 0 Å². The van der Waals surface area contributed by atoms with Crippen molar-refractivity contribution < 1.29 is 14.2 Å². The second-order valence-corrected chi connectivity index (χ2v) is 5.90. The summed E-state index contributed by atoms with van der Waals surface area (Å²) in [6, 6.07) is 5.81. The number of fused-ring (bicyclic) bond motifs is 1. The lowest BCUT2D eigenvalue weighted by Crippen LogP contribution is -2.21. The Morgan fingerprint density at radius 1 is 1.07 bits per heavy atom. The minimum Gasteiger partial charge on any atom is -0.493 e. The molecule has 3 rings (SSSR count). The first-order valence-electron chi connectivity index (χ1n) is 8.05. The number of nitrogens with one attached hydrogen (secondary N) is 1. The number of ether oxygens (including phenoxy) is 3. The lowest BCUT2D eigenvalue weighted by Gasteiger charge is -2.28. The van der Waals surface area contributed by atoms with Crippen molar-refractivity contribution in [1.82, 2.24) is 9.97 Å². The lowest BCUT2D eigenvalue weighted by molar-refractivity contribution is 0.323. The number of hydrogen-bond acceptors (Lipinski definition) is 9. The Bertz CT molecular complexity index is 955. The molecule has 2 aromatic rings. The quantitative estimate of drug-likeness (QED) is 0.738. The van der Waals surface area contributed by atoms with Crippen LogP contribution < -0.4 is 31.0 Å². The van der Waals surface area contributed by atoms with Gasteiger partial charge < -0.3 is 31.0 Å². The van der Waals surface area contributed by atoms with Crippen molar-refractivity contribution in [3.05, 3.63) is 34.5 Å². The minimum atomic E-state index is -0.513. The van der Waals surface area contributed by atoms with E-state index in [0.717, 1.165) is 5.56 Å². The molecule has 1 atom stereocenters. The molecule has 0 fully saturated rings. The first-order valence-corrected chi connectivity index (χ1v) is 8.05. The summed E-state index contributed by atoms with van der Waals surface area (Å²) < 4.78 is 16.3. The first kappa shape index (κ1) is 18.1. The highest BCUT2D eigenvalue weighted by Gasteiger charge is 2.33. The van der Waals surface area contributed by atoms with Crippen LogP contribution in [0.3, 0.4) is 0 Å². The molecule has 0 saturated carbocycles. The summed E-state index contributed by atoms with van der Waals surface area (Å²) in [6.45, 7) is 1.79. The molecule has 1 aromatic carbocycles. The lowest BCUT2D eigenvalue weighted by atomic mass is 9.82. The molecule has 1 aliphatic heterocycles. The van der Waals surface area contributed by atoms with Crippen molar-refractivity contribution in [2.45, 2.75) is 12.8 Å². The Hall–Kier alpha value is -3.67. The van der Waals surface area contributed by atoms with Gasteiger partial charge in [-0.1, -0.05) is 0 Å². The maximum absolute atomic E-state index is 9.78. The van der Waals surface area contributed by atoms with Gasteiger partial charge in [0.1, 0.15) is 11.6 Å². The molecule has 5 N–H and O–H groups in total. The number of rotatable bonds is 4. The molecule has 27 heavy (non-hydrogen) atoms. The van der Waals surface area contributed by atoms with E-state index in [0.29, 0.717) is 39.9 Å². The molecule has 0 saturated heterocycles. The van der Waals surface area contributed by atoms with Gasteiger partial charge in [0.2, 0.25) is 11.7 Å². The van der Waals surface area contributed by atoms with E-state index < -0.39 is 5.92 Å². The number of nitrogen functional groups attached to an aromatic ring is 2. The molecular formula is C18H20N6O3. The number of allylic oxidation sites excluding steroid dienone is 2. The van der Waals surface area contributed by atoms with Crippen molar-refractivity contribution in [2.75, 3.05) is 38.1 Å². The molecular weight excluding hydrogens is 348 g/mol. The average Bonchev–Trinajstić information content (AvgIpc) is 2.65. The third kappa shape index (κ3) is 2.91. The van der Waals surface area contributed by atoms with Crippen LogP contribution in [-0.4, -0.2) is 31.3 Å². The van der Waals surface area contributed by atoms with E-state index in [1.807, 2.05) is 0 Å². The molecule has 1 aromatic heterocycles. The van der Waals surface area contributed by atoms with Crippen LogP contribution in [0.25, 0.3) is 0 Å². The zero-order chi connectivity index (χ0) is 19.7. The summed E-state index contributed by atoms with van der Waals surface area (Å²) >= 11 is 0. The van der Waals surface area contributed by atoms with E-state index >= 15 is 0 Å². The second kappa shape index (κ2) is 6.92. The van der Waals surface area contributed by atoms with Gasteiger partial charge >= 0.3 is 0 Å². The van der Waals surface area contributed by atoms with E-state index in [4.69, 9.17) is 25.7 Å². The topological polar surface area (TPSA) is 141 Å². The van der Waals surface area contributed by atoms with Gasteiger partial charge in [0, 0.05) is 11.3 Å². The normalized spacial score (nSPS) is 15.4. The van der Waals surface area contributed by atoms with E-state index in [-0.39, 0.29) is 11.8 Å². The Labute approximate surface area is 156 Å². The van der Waals surface area contributed by atoms with Gasteiger partial charge in [-0.2, -0.15) is 15.2 Å². The second-order valence-electron chi connectivity index (χ2n) is 5.90. The van der Waals surface area contributed by atoms with Crippen molar-refractivity contribution in [2.24, 2.45) is 0 Å². The monoisotopic (exact) mass is 368 g/mol. The number of nitriles is 1. The SMILES string of the molecule is COc1cc(C2C(C#N)=C(C)Nc3nc(N)nc(N)c32)cc(OC)c1OC. The Balaban J connectivity index is 2.32. The molecule has 9 nitrogen and oxygen atoms in total. The zero-order valence-corrected chi connectivity index (χ0v) is 15.5. The van der Waals surface area contributed by atoms with Crippen molar-refractivity contribution >= 4 is 17.6 Å². The fourth-order valence-electron chi connectivity index (χ4n) is 3.24. The number of anilines is 3. The van der Waals surface area contributed by atoms with Crippen LogP contribution in [0.1, 0.15) is 24.0 Å². The molecule has 1 unspecified atom stereocenters.